The van der Waals surface area contributed by atoms with Crippen molar-refractivity contribution in [3.8, 4) is 23.0 Å². The molecule has 0 saturated carbocycles. The number of hydrogen-bond donors (Lipinski definition) is 5. The van der Waals surface area contributed by atoms with E-state index in [4.69, 9.17) is 25.5 Å². The third-order valence-corrected chi connectivity index (χ3v) is 1.85. The van der Waals surface area contributed by atoms with E-state index in [1.807, 2.05) is 0 Å². The summed E-state index contributed by atoms with van der Waals surface area (Å²) in [5.74, 6) is -5.11. The molecular weight excluding hydrogens is 192 g/mol. The summed E-state index contributed by atoms with van der Waals surface area (Å²) < 4.78 is 0. The van der Waals surface area contributed by atoms with Crippen LogP contribution in [0.5, 0.6) is 23.0 Å². The Labute approximate surface area is 78.3 Å². The van der Waals surface area contributed by atoms with E-state index in [1.54, 1.807) is 0 Å². The standard InChI is InChI=1S/C8H8O6/c1-2-4(9)6(11)3(8(13)14)7(12)5(2)10/h9-12H,1H3,(H,13,14). The Morgan fingerprint density at radius 2 is 1.29 bits per heavy atom. The van der Waals surface area contributed by atoms with Crippen molar-refractivity contribution in [2.75, 3.05) is 0 Å². The zero-order valence-electron chi connectivity index (χ0n) is 7.14. The Hall–Kier alpha value is -2.11. The molecule has 0 amide bonds. The molecule has 0 aliphatic rings. The highest BCUT2D eigenvalue weighted by Crippen LogP contribution is 2.45. The molecule has 0 fully saturated rings. The highest BCUT2D eigenvalue weighted by Gasteiger charge is 2.25. The first-order chi connectivity index (χ1) is 6.37. The maximum Gasteiger partial charge on any atom is 0.343 e. The highest BCUT2D eigenvalue weighted by atomic mass is 16.4. The molecule has 0 heterocycles. The number of carboxylic acid groups (broad SMARTS) is 1. The maximum atomic E-state index is 10.5. The second-order valence-electron chi connectivity index (χ2n) is 2.70. The van der Waals surface area contributed by atoms with Crippen LogP contribution in [0.4, 0.5) is 0 Å². The van der Waals surface area contributed by atoms with Crippen LogP contribution in [0.25, 0.3) is 0 Å². The van der Waals surface area contributed by atoms with Gasteiger partial charge in [0.25, 0.3) is 0 Å². The molecule has 0 aliphatic carbocycles. The Morgan fingerprint density at radius 1 is 0.929 bits per heavy atom. The Kier molecular flexibility index (Phi) is 2.13. The van der Waals surface area contributed by atoms with Crippen molar-refractivity contribution < 1.29 is 30.3 Å². The summed E-state index contributed by atoms with van der Waals surface area (Å²) in [7, 11) is 0. The minimum absolute atomic E-state index is 0.190. The van der Waals surface area contributed by atoms with Crippen LogP contribution in [0.15, 0.2) is 0 Å². The molecule has 1 rings (SSSR count). The van der Waals surface area contributed by atoms with Gasteiger partial charge in [-0.1, -0.05) is 0 Å². The molecule has 76 valence electrons. The van der Waals surface area contributed by atoms with E-state index in [0.29, 0.717) is 0 Å². The normalized spacial score (nSPS) is 10.1. The second-order valence-corrected chi connectivity index (χ2v) is 2.70. The van der Waals surface area contributed by atoms with Gasteiger partial charge >= 0.3 is 5.97 Å². The van der Waals surface area contributed by atoms with Crippen molar-refractivity contribution in [3.63, 3.8) is 0 Å². The molecule has 0 unspecified atom stereocenters. The van der Waals surface area contributed by atoms with Gasteiger partial charge < -0.3 is 25.5 Å². The van der Waals surface area contributed by atoms with Gasteiger partial charge in [0.05, 0.1) is 0 Å². The first-order valence-corrected chi connectivity index (χ1v) is 3.57. The lowest BCUT2D eigenvalue weighted by atomic mass is 10.1. The Bertz CT molecular complexity index is 380. The van der Waals surface area contributed by atoms with E-state index in [1.165, 1.54) is 6.92 Å². The van der Waals surface area contributed by atoms with Gasteiger partial charge in [-0.25, -0.2) is 4.79 Å². The minimum Gasteiger partial charge on any atom is -0.504 e. The number of hydrogen-bond acceptors (Lipinski definition) is 5. The van der Waals surface area contributed by atoms with Crippen LogP contribution in [0.1, 0.15) is 15.9 Å². The molecule has 0 spiro atoms. The van der Waals surface area contributed by atoms with E-state index in [0.717, 1.165) is 0 Å². The number of aromatic hydroxyl groups is 4. The molecule has 0 bridgehead atoms. The average molecular weight is 200 g/mol. The minimum atomic E-state index is -1.65. The number of rotatable bonds is 1. The Morgan fingerprint density at radius 3 is 1.57 bits per heavy atom. The summed E-state index contributed by atoms with van der Waals surface area (Å²) >= 11 is 0. The molecular formula is C8H8O6. The van der Waals surface area contributed by atoms with Crippen molar-refractivity contribution in [2.24, 2.45) is 0 Å². The molecule has 1 aromatic rings. The first kappa shape index (κ1) is 9.97. The van der Waals surface area contributed by atoms with Crippen molar-refractivity contribution in [1.29, 1.82) is 0 Å². The van der Waals surface area contributed by atoms with Crippen molar-refractivity contribution in [3.05, 3.63) is 11.1 Å². The van der Waals surface area contributed by atoms with Gasteiger partial charge in [0.2, 0.25) is 0 Å². The molecule has 14 heavy (non-hydrogen) atoms. The summed E-state index contributed by atoms with van der Waals surface area (Å²) in [5, 5.41) is 45.2. The number of carboxylic acids is 1. The molecule has 0 radical (unpaired) electrons. The molecule has 0 saturated heterocycles. The summed E-state index contributed by atoms with van der Waals surface area (Å²) in [6.07, 6.45) is 0. The lowest BCUT2D eigenvalue weighted by Crippen LogP contribution is -1.99. The predicted octanol–water partition coefficient (Wildman–Crippen LogP) is 0.516. The van der Waals surface area contributed by atoms with Gasteiger partial charge in [-0.15, -0.1) is 0 Å². The van der Waals surface area contributed by atoms with E-state index in [9.17, 15) is 4.79 Å². The topological polar surface area (TPSA) is 118 Å². The third-order valence-electron chi connectivity index (χ3n) is 1.85. The molecule has 6 nitrogen and oxygen atoms in total. The molecule has 6 heteroatoms. The van der Waals surface area contributed by atoms with Crippen LogP contribution in [-0.2, 0) is 0 Å². The van der Waals surface area contributed by atoms with Crippen LogP contribution in [0, 0.1) is 6.92 Å². The van der Waals surface area contributed by atoms with E-state index in [2.05, 4.69) is 0 Å². The first-order valence-electron chi connectivity index (χ1n) is 3.57. The summed E-state index contributed by atoms with van der Waals surface area (Å²) in [6, 6.07) is 0. The fourth-order valence-corrected chi connectivity index (χ4v) is 1.02. The number of phenolic OH excluding ortho intramolecular Hbond substituents is 2. The van der Waals surface area contributed by atoms with E-state index >= 15 is 0 Å². The lowest BCUT2D eigenvalue weighted by Gasteiger charge is -2.09. The van der Waals surface area contributed by atoms with Gasteiger partial charge in [-0.2, -0.15) is 0 Å². The Balaban J connectivity index is 3.68. The summed E-state index contributed by atoms with van der Waals surface area (Å²) in [5.41, 5.74) is -1.12. The second kappa shape index (κ2) is 2.99. The van der Waals surface area contributed by atoms with E-state index < -0.39 is 34.5 Å². The van der Waals surface area contributed by atoms with Gasteiger partial charge in [-0.3, -0.25) is 0 Å². The van der Waals surface area contributed by atoms with Crippen LogP contribution in [0.3, 0.4) is 0 Å². The molecule has 1 aromatic carbocycles. The predicted molar refractivity (Wildman–Crippen MR) is 44.8 cm³/mol. The highest BCUT2D eigenvalue weighted by molar-refractivity contribution is 5.96. The van der Waals surface area contributed by atoms with Crippen LogP contribution < -0.4 is 0 Å². The zero-order chi connectivity index (χ0) is 11.0. The molecule has 5 N–H and O–H groups in total. The average Bonchev–Trinajstić information content (AvgIpc) is 2.11. The fourth-order valence-electron chi connectivity index (χ4n) is 1.02. The monoisotopic (exact) mass is 200 g/mol. The van der Waals surface area contributed by atoms with Crippen molar-refractivity contribution in [1.82, 2.24) is 0 Å². The number of aromatic carboxylic acids is 1. The fraction of sp³-hybridized carbons (Fsp3) is 0.125. The van der Waals surface area contributed by atoms with Crippen LogP contribution in [-0.4, -0.2) is 31.5 Å². The zero-order valence-corrected chi connectivity index (χ0v) is 7.14. The number of carbonyl (C=O) groups is 1. The molecule has 0 aliphatic heterocycles. The maximum absolute atomic E-state index is 10.5. The third kappa shape index (κ3) is 1.17. The molecule has 0 aromatic heterocycles. The van der Waals surface area contributed by atoms with Crippen LogP contribution >= 0.6 is 0 Å². The van der Waals surface area contributed by atoms with Gasteiger partial charge in [0.15, 0.2) is 28.6 Å². The van der Waals surface area contributed by atoms with Crippen LogP contribution in [0.2, 0.25) is 0 Å². The SMILES string of the molecule is Cc1c(O)c(O)c(C(=O)O)c(O)c1O. The van der Waals surface area contributed by atoms with Gasteiger partial charge in [0.1, 0.15) is 0 Å². The van der Waals surface area contributed by atoms with Gasteiger partial charge in [-0.05, 0) is 6.92 Å². The molecule has 0 atom stereocenters. The summed E-state index contributed by atoms with van der Waals surface area (Å²) in [6.45, 7) is 1.22. The van der Waals surface area contributed by atoms with Crippen molar-refractivity contribution >= 4 is 5.97 Å². The quantitative estimate of drug-likeness (QED) is 0.333. The van der Waals surface area contributed by atoms with Gasteiger partial charge in [0, 0.05) is 5.56 Å². The smallest absolute Gasteiger partial charge is 0.343 e. The van der Waals surface area contributed by atoms with Crippen molar-refractivity contribution in [2.45, 2.75) is 6.92 Å². The van der Waals surface area contributed by atoms with E-state index in [-0.39, 0.29) is 5.56 Å². The summed E-state index contributed by atoms with van der Waals surface area (Å²) in [4.78, 5) is 10.5. The largest absolute Gasteiger partial charge is 0.504 e. The lowest BCUT2D eigenvalue weighted by molar-refractivity contribution is 0.0688. The number of phenols is 4. The number of benzene rings is 1.